The van der Waals surface area contributed by atoms with Gasteiger partial charge in [0.15, 0.2) is 0 Å². The lowest BCUT2D eigenvalue weighted by molar-refractivity contribution is 0.414. The maximum atomic E-state index is 13.3. The Labute approximate surface area is 122 Å². The Bertz CT molecular complexity index is 553. The van der Waals surface area contributed by atoms with Crippen molar-refractivity contribution >= 4 is 24.0 Å². The number of ether oxygens (including phenoxy) is 1. The van der Waals surface area contributed by atoms with Gasteiger partial charge in [0.1, 0.15) is 11.6 Å². The van der Waals surface area contributed by atoms with Gasteiger partial charge in [0.25, 0.3) is 0 Å². The Hall–Kier alpha value is -1.29. The van der Waals surface area contributed by atoms with Gasteiger partial charge in [0.05, 0.1) is 7.11 Å². The van der Waals surface area contributed by atoms with Crippen LogP contribution in [0, 0.1) is 5.82 Å². The van der Waals surface area contributed by atoms with Gasteiger partial charge in [-0.05, 0) is 47.5 Å². The summed E-state index contributed by atoms with van der Waals surface area (Å²) in [5, 5.41) is 0.493. The minimum absolute atomic E-state index is 0. The van der Waals surface area contributed by atoms with Gasteiger partial charge in [-0.3, -0.25) is 0 Å². The van der Waals surface area contributed by atoms with Crippen LogP contribution in [0.5, 0.6) is 5.75 Å². The van der Waals surface area contributed by atoms with Crippen LogP contribution in [0.2, 0.25) is 5.02 Å². The zero-order valence-corrected chi connectivity index (χ0v) is 11.9. The summed E-state index contributed by atoms with van der Waals surface area (Å²) in [6, 6.07) is 9.79. The average molecular weight is 302 g/mol. The molecular formula is C14H14Cl2FNO. The van der Waals surface area contributed by atoms with Crippen molar-refractivity contribution in [1.82, 2.24) is 0 Å². The number of halogens is 3. The van der Waals surface area contributed by atoms with Crippen molar-refractivity contribution in [2.24, 2.45) is 5.73 Å². The van der Waals surface area contributed by atoms with Gasteiger partial charge in [-0.15, -0.1) is 12.4 Å². The SMILES string of the molecule is COc1cc(CN)cc(-c2cc(F)ccc2Cl)c1.Cl. The van der Waals surface area contributed by atoms with Crippen LogP contribution in [-0.2, 0) is 6.54 Å². The number of hydrogen-bond acceptors (Lipinski definition) is 2. The number of benzene rings is 2. The minimum Gasteiger partial charge on any atom is -0.497 e. The molecule has 0 heterocycles. The second-order valence-corrected chi connectivity index (χ2v) is 4.31. The molecule has 2 aromatic carbocycles. The normalized spacial score (nSPS) is 9.89. The van der Waals surface area contributed by atoms with Crippen LogP contribution in [0.4, 0.5) is 4.39 Å². The lowest BCUT2D eigenvalue weighted by atomic mass is 10.0. The number of rotatable bonds is 3. The standard InChI is InChI=1S/C14H13ClFNO.ClH/c1-18-12-5-9(8-17)4-10(6-12)13-7-11(16)2-3-14(13)15;/h2-7H,8,17H2,1H3;1H. The molecule has 0 aliphatic heterocycles. The zero-order chi connectivity index (χ0) is 13.1. The highest BCUT2D eigenvalue weighted by molar-refractivity contribution is 6.33. The lowest BCUT2D eigenvalue weighted by Gasteiger charge is -2.09. The van der Waals surface area contributed by atoms with Gasteiger partial charge in [0, 0.05) is 17.1 Å². The van der Waals surface area contributed by atoms with Gasteiger partial charge >= 0.3 is 0 Å². The van der Waals surface area contributed by atoms with Crippen LogP contribution in [0.3, 0.4) is 0 Å². The maximum absolute atomic E-state index is 13.3. The number of hydrogen-bond donors (Lipinski definition) is 1. The molecule has 0 aliphatic rings. The summed E-state index contributed by atoms with van der Waals surface area (Å²) in [4.78, 5) is 0. The fraction of sp³-hybridized carbons (Fsp3) is 0.143. The van der Waals surface area contributed by atoms with Crippen molar-refractivity contribution in [2.75, 3.05) is 7.11 Å². The average Bonchev–Trinajstić information content (AvgIpc) is 2.40. The fourth-order valence-corrected chi connectivity index (χ4v) is 2.00. The fourth-order valence-electron chi connectivity index (χ4n) is 1.77. The Kier molecular flexibility index (Phi) is 5.60. The smallest absolute Gasteiger partial charge is 0.123 e. The van der Waals surface area contributed by atoms with E-state index in [2.05, 4.69) is 0 Å². The van der Waals surface area contributed by atoms with Crippen LogP contribution in [-0.4, -0.2) is 7.11 Å². The van der Waals surface area contributed by atoms with Gasteiger partial charge in [0.2, 0.25) is 0 Å². The molecule has 0 unspecified atom stereocenters. The third-order valence-corrected chi connectivity index (χ3v) is 3.01. The molecule has 5 heteroatoms. The van der Waals surface area contributed by atoms with Crippen LogP contribution >= 0.6 is 24.0 Å². The van der Waals surface area contributed by atoms with Crippen LogP contribution in [0.25, 0.3) is 11.1 Å². The largest absolute Gasteiger partial charge is 0.497 e. The molecule has 2 nitrogen and oxygen atoms in total. The van der Waals surface area contributed by atoms with Gasteiger partial charge in [-0.25, -0.2) is 4.39 Å². The van der Waals surface area contributed by atoms with Gasteiger partial charge in [-0.1, -0.05) is 11.6 Å². The molecule has 2 N–H and O–H groups in total. The van der Waals surface area contributed by atoms with Gasteiger partial charge < -0.3 is 10.5 Å². The van der Waals surface area contributed by atoms with Crippen molar-refractivity contribution in [3.63, 3.8) is 0 Å². The quantitative estimate of drug-likeness (QED) is 0.929. The first kappa shape index (κ1) is 15.8. The molecule has 0 saturated heterocycles. The van der Waals surface area contributed by atoms with E-state index in [0.717, 1.165) is 11.1 Å². The van der Waals surface area contributed by atoms with Crippen molar-refractivity contribution in [3.8, 4) is 16.9 Å². The van der Waals surface area contributed by atoms with E-state index in [1.807, 2.05) is 12.1 Å². The maximum Gasteiger partial charge on any atom is 0.123 e. The molecule has 2 rings (SSSR count). The van der Waals surface area contributed by atoms with Crippen LogP contribution in [0.1, 0.15) is 5.56 Å². The molecule has 0 aliphatic carbocycles. The topological polar surface area (TPSA) is 35.2 Å². The molecule has 0 saturated carbocycles. The van der Waals surface area contributed by atoms with Crippen molar-refractivity contribution in [2.45, 2.75) is 6.54 Å². The molecule has 2 aromatic rings. The number of methoxy groups -OCH3 is 1. The molecule has 0 aromatic heterocycles. The molecule has 0 bridgehead atoms. The summed E-state index contributed by atoms with van der Waals surface area (Å²) in [6.45, 7) is 0.386. The van der Waals surface area contributed by atoms with Crippen molar-refractivity contribution in [3.05, 3.63) is 52.8 Å². The molecule has 19 heavy (non-hydrogen) atoms. The summed E-state index contributed by atoms with van der Waals surface area (Å²) >= 11 is 6.08. The van der Waals surface area contributed by atoms with Gasteiger partial charge in [-0.2, -0.15) is 0 Å². The van der Waals surface area contributed by atoms with E-state index in [1.54, 1.807) is 13.2 Å². The third-order valence-electron chi connectivity index (χ3n) is 2.68. The van der Waals surface area contributed by atoms with Crippen LogP contribution < -0.4 is 10.5 Å². The summed E-state index contributed by atoms with van der Waals surface area (Å²) in [6.07, 6.45) is 0. The van der Waals surface area contributed by atoms with E-state index >= 15 is 0 Å². The predicted molar refractivity (Wildman–Crippen MR) is 78.5 cm³/mol. The molecule has 0 amide bonds. The minimum atomic E-state index is -0.327. The van der Waals surface area contributed by atoms with E-state index in [9.17, 15) is 4.39 Å². The van der Waals surface area contributed by atoms with E-state index in [-0.39, 0.29) is 18.2 Å². The molecule has 0 radical (unpaired) electrons. The lowest BCUT2D eigenvalue weighted by Crippen LogP contribution is -1.97. The summed E-state index contributed by atoms with van der Waals surface area (Å²) in [7, 11) is 1.58. The van der Waals surface area contributed by atoms with E-state index in [0.29, 0.717) is 22.9 Å². The first-order valence-electron chi connectivity index (χ1n) is 5.47. The Morgan fingerprint density at radius 2 is 1.95 bits per heavy atom. The molecule has 0 spiro atoms. The van der Waals surface area contributed by atoms with E-state index in [1.165, 1.54) is 18.2 Å². The first-order valence-corrected chi connectivity index (χ1v) is 5.85. The third kappa shape index (κ3) is 3.60. The summed E-state index contributed by atoms with van der Waals surface area (Å²) < 4.78 is 18.5. The highest BCUT2D eigenvalue weighted by atomic mass is 35.5. The highest BCUT2D eigenvalue weighted by Crippen LogP contribution is 2.31. The Morgan fingerprint density at radius 1 is 1.21 bits per heavy atom. The van der Waals surface area contributed by atoms with Crippen LogP contribution in [0.15, 0.2) is 36.4 Å². The van der Waals surface area contributed by atoms with E-state index < -0.39 is 0 Å². The van der Waals surface area contributed by atoms with E-state index in [4.69, 9.17) is 22.1 Å². The zero-order valence-electron chi connectivity index (χ0n) is 10.3. The monoisotopic (exact) mass is 301 g/mol. The Balaban J connectivity index is 0.00000180. The second kappa shape index (κ2) is 6.75. The summed E-state index contributed by atoms with van der Waals surface area (Å²) in [5.41, 5.74) is 7.95. The number of nitrogens with two attached hydrogens (primary N) is 1. The summed E-state index contributed by atoms with van der Waals surface area (Å²) in [5.74, 6) is 0.347. The predicted octanol–water partition coefficient (Wildman–Crippen LogP) is 4.04. The van der Waals surface area contributed by atoms with Crippen molar-refractivity contribution < 1.29 is 9.13 Å². The van der Waals surface area contributed by atoms with Crippen molar-refractivity contribution in [1.29, 1.82) is 0 Å². The molecule has 102 valence electrons. The highest BCUT2D eigenvalue weighted by Gasteiger charge is 2.08. The molecular weight excluding hydrogens is 288 g/mol. The molecule has 0 fully saturated rings. The first-order chi connectivity index (χ1) is 8.63. The molecule has 0 atom stereocenters. The second-order valence-electron chi connectivity index (χ2n) is 3.90. The Morgan fingerprint density at radius 3 is 2.58 bits per heavy atom.